The summed E-state index contributed by atoms with van der Waals surface area (Å²) in [5.74, 6) is 0.552. The summed E-state index contributed by atoms with van der Waals surface area (Å²) in [7, 11) is 0. The average molecular weight is 362 g/mol. The molecule has 5 nitrogen and oxygen atoms in total. The highest BCUT2D eigenvalue weighted by molar-refractivity contribution is 7.18. The molecule has 1 aliphatic rings. The minimum Gasteiger partial charge on any atom is -0.345 e. The quantitative estimate of drug-likeness (QED) is 0.581. The molecule has 0 spiro atoms. The highest BCUT2D eigenvalue weighted by atomic mass is 32.1. The Morgan fingerprint density at radius 3 is 2.81 bits per heavy atom. The molecule has 1 N–H and O–H groups in total. The van der Waals surface area contributed by atoms with Gasteiger partial charge < -0.3 is 9.88 Å². The Morgan fingerprint density at radius 2 is 1.96 bits per heavy atom. The first kappa shape index (κ1) is 15.5. The van der Waals surface area contributed by atoms with Gasteiger partial charge in [-0.25, -0.2) is 9.97 Å². The Morgan fingerprint density at radius 1 is 1.12 bits per heavy atom. The highest BCUT2D eigenvalue weighted by Gasteiger charge is 2.26. The molecule has 3 heterocycles. The number of hydrogen-bond acceptors (Lipinski definition) is 4. The van der Waals surface area contributed by atoms with Crippen LogP contribution in [0.5, 0.6) is 0 Å². The third-order valence-electron chi connectivity index (χ3n) is 5.11. The number of nitrogens with one attached hydrogen (secondary N) is 1. The summed E-state index contributed by atoms with van der Waals surface area (Å²) >= 11 is 1.79. The Labute approximate surface area is 154 Å². The zero-order chi connectivity index (χ0) is 17.5. The van der Waals surface area contributed by atoms with Gasteiger partial charge in [0.05, 0.1) is 32.6 Å². The van der Waals surface area contributed by atoms with Gasteiger partial charge in [-0.2, -0.15) is 0 Å². The average Bonchev–Trinajstić information content (AvgIpc) is 3.33. The molecule has 26 heavy (non-hydrogen) atoms. The molecule has 1 fully saturated rings. The number of aromatic nitrogens is 3. The lowest BCUT2D eigenvalue weighted by Gasteiger charge is -2.31. The first-order chi connectivity index (χ1) is 12.8. The maximum Gasteiger partial charge on any atom is 0.253 e. The molecule has 130 valence electrons. The van der Waals surface area contributed by atoms with Gasteiger partial charge in [-0.05, 0) is 43.2 Å². The number of nitrogens with zero attached hydrogens (tertiary/aromatic N) is 3. The van der Waals surface area contributed by atoms with Crippen molar-refractivity contribution < 1.29 is 4.79 Å². The molecular formula is C20H18N4OS. The summed E-state index contributed by atoms with van der Waals surface area (Å²) in [6.45, 7) is 1.56. The van der Waals surface area contributed by atoms with E-state index in [0.29, 0.717) is 5.92 Å². The molecule has 4 aromatic rings. The fourth-order valence-electron chi connectivity index (χ4n) is 3.65. The number of benzene rings is 2. The first-order valence-electron chi connectivity index (χ1n) is 8.86. The number of H-pyrrole nitrogens is 1. The van der Waals surface area contributed by atoms with E-state index in [9.17, 15) is 4.79 Å². The van der Waals surface area contributed by atoms with Crippen molar-refractivity contribution in [3.63, 3.8) is 0 Å². The second-order valence-corrected chi connectivity index (χ2v) is 7.78. The lowest BCUT2D eigenvalue weighted by molar-refractivity contribution is 0.0713. The van der Waals surface area contributed by atoms with E-state index < -0.39 is 0 Å². The van der Waals surface area contributed by atoms with Gasteiger partial charge in [-0.15, -0.1) is 11.3 Å². The number of aromatic amines is 1. The Bertz CT molecular complexity index is 1060. The van der Waals surface area contributed by atoms with Gasteiger partial charge >= 0.3 is 0 Å². The minimum absolute atomic E-state index is 0.101. The van der Waals surface area contributed by atoms with Crippen LogP contribution in [0.2, 0.25) is 0 Å². The minimum atomic E-state index is 0.101. The van der Waals surface area contributed by atoms with Gasteiger partial charge in [-0.3, -0.25) is 4.79 Å². The van der Waals surface area contributed by atoms with E-state index >= 15 is 0 Å². The number of carbonyl (C=O) groups excluding carboxylic acids is 1. The monoisotopic (exact) mass is 362 g/mol. The molecule has 0 bridgehead atoms. The number of para-hydroxylation sites is 1. The summed E-state index contributed by atoms with van der Waals surface area (Å²) in [4.78, 5) is 26.9. The molecule has 1 amide bonds. The van der Waals surface area contributed by atoms with Crippen molar-refractivity contribution in [1.82, 2.24) is 19.9 Å². The fourth-order valence-corrected chi connectivity index (χ4v) is 4.78. The second kappa shape index (κ2) is 6.21. The van der Waals surface area contributed by atoms with Crippen LogP contribution in [0.4, 0.5) is 0 Å². The number of carbonyl (C=O) groups is 1. The number of amides is 1. The number of imidazole rings is 1. The lowest BCUT2D eigenvalue weighted by Crippen LogP contribution is -2.37. The number of rotatable bonds is 2. The van der Waals surface area contributed by atoms with Gasteiger partial charge in [0.1, 0.15) is 0 Å². The second-order valence-electron chi connectivity index (χ2n) is 6.72. The summed E-state index contributed by atoms with van der Waals surface area (Å²) in [6.07, 6.45) is 3.60. The standard InChI is InChI=1S/C20H18N4OS/c25-20(14-5-6-15-17(11-14)22-12-21-15)24-9-7-13(8-10-24)19-23-16-3-1-2-4-18(16)26-19/h1-6,11-13H,7-10H2,(H,21,22). The zero-order valence-corrected chi connectivity index (χ0v) is 15.0. The molecule has 0 radical (unpaired) electrons. The van der Waals surface area contributed by atoms with Crippen LogP contribution in [-0.4, -0.2) is 38.8 Å². The Hall–Kier alpha value is -2.73. The predicted octanol–water partition coefficient (Wildman–Crippen LogP) is 4.19. The molecule has 0 aliphatic carbocycles. The summed E-state index contributed by atoms with van der Waals surface area (Å²) in [5, 5.41) is 1.21. The van der Waals surface area contributed by atoms with Crippen LogP contribution in [0.25, 0.3) is 21.3 Å². The van der Waals surface area contributed by atoms with Crippen molar-refractivity contribution in [3.05, 3.63) is 59.4 Å². The molecule has 1 aliphatic heterocycles. The van der Waals surface area contributed by atoms with Crippen LogP contribution < -0.4 is 0 Å². The molecule has 0 atom stereocenters. The van der Waals surface area contributed by atoms with E-state index in [2.05, 4.69) is 28.2 Å². The number of hydrogen-bond donors (Lipinski definition) is 1. The van der Waals surface area contributed by atoms with Gasteiger partial charge in [0, 0.05) is 24.6 Å². The van der Waals surface area contributed by atoms with Crippen molar-refractivity contribution in [3.8, 4) is 0 Å². The van der Waals surface area contributed by atoms with Crippen molar-refractivity contribution in [1.29, 1.82) is 0 Å². The van der Waals surface area contributed by atoms with Gasteiger partial charge in [0.25, 0.3) is 5.91 Å². The Kier molecular flexibility index (Phi) is 3.71. The van der Waals surface area contributed by atoms with Gasteiger partial charge in [0.15, 0.2) is 0 Å². The topological polar surface area (TPSA) is 61.9 Å². The van der Waals surface area contributed by atoms with Crippen LogP contribution in [0.1, 0.15) is 34.1 Å². The van der Waals surface area contributed by atoms with Crippen molar-refractivity contribution in [2.45, 2.75) is 18.8 Å². The van der Waals surface area contributed by atoms with Crippen LogP contribution in [0.15, 0.2) is 48.8 Å². The Balaban J connectivity index is 1.30. The van der Waals surface area contributed by atoms with Crippen LogP contribution in [0, 0.1) is 0 Å². The van der Waals surface area contributed by atoms with Crippen molar-refractivity contribution in [2.24, 2.45) is 0 Å². The third kappa shape index (κ3) is 2.66. The van der Waals surface area contributed by atoms with E-state index in [1.54, 1.807) is 17.7 Å². The van der Waals surface area contributed by atoms with E-state index in [0.717, 1.165) is 48.0 Å². The van der Waals surface area contributed by atoms with E-state index in [1.807, 2.05) is 29.2 Å². The molecule has 0 saturated carbocycles. The normalized spacial score (nSPS) is 15.8. The smallest absolute Gasteiger partial charge is 0.253 e. The number of thiazole rings is 1. The zero-order valence-electron chi connectivity index (χ0n) is 14.2. The highest BCUT2D eigenvalue weighted by Crippen LogP contribution is 2.34. The number of fused-ring (bicyclic) bond motifs is 2. The number of piperidine rings is 1. The molecule has 5 rings (SSSR count). The molecule has 0 unspecified atom stereocenters. The number of likely N-dealkylation sites (tertiary alicyclic amines) is 1. The van der Waals surface area contributed by atoms with Crippen molar-refractivity contribution >= 4 is 38.5 Å². The SMILES string of the molecule is O=C(c1ccc2nc[nH]c2c1)N1CCC(c2nc3ccccc3s2)CC1. The molecule has 6 heteroatoms. The molecule has 2 aromatic carbocycles. The molecular weight excluding hydrogens is 344 g/mol. The predicted molar refractivity (Wildman–Crippen MR) is 104 cm³/mol. The maximum absolute atomic E-state index is 12.8. The summed E-state index contributed by atoms with van der Waals surface area (Å²) in [6, 6.07) is 13.9. The maximum atomic E-state index is 12.8. The van der Waals surface area contributed by atoms with Crippen molar-refractivity contribution in [2.75, 3.05) is 13.1 Å². The molecule has 2 aromatic heterocycles. The van der Waals surface area contributed by atoms with Gasteiger partial charge in [-0.1, -0.05) is 12.1 Å². The first-order valence-corrected chi connectivity index (χ1v) is 9.67. The van der Waals surface area contributed by atoms with Crippen LogP contribution in [-0.2, 0) is 0 Å². The van der Waals surface area contributed by atoms with Crippen LogP contribution >= 0.6 is 11.3 Å². The van der Waals surface area contributed by atoms with E-state index in [-0.39, 0.29) is 5.91 Å². The van der Waals surface area contributed by atoms with E-state index in [4.69, 9.17) is 4.98 Å². The summed E-state index contributed by atoms with van der Waals surface area (Å²) in [5.41, 5.74) is 3.59. The molecule has 1 saturated heterocycles. The van der Waals surface area contributed by atoms with Gasteiger partial charge in [0.2, 0.25) is 0 Å². The largest absolute Gasteiger partial charge is 0.345 e. The lowest BCUT2D eigenvalue weighted by atomic mass is 9.97. The van der Waals surface area contributed by atoms with Crippen LogP contribution in [0.3, 0.4) is 0 Å². The third-order valence-corrected chi connectivity index (χ3v) is 6.31. The summed E-state index contributed by atoms with van der Waals surface area (Å²) < 4.78 is 1.24. The van der Waals surface area contributed by atoms with E-state index in [1.165, 1.54) is 9.71 Å². The fraction of sp³-hybridized carbons (Fsp3) is 0.250.